The van der Waals surface area contributed by atoms with Crippen LogP contribution in [0.3, 0.4) is 0 Å². The van der Waals surface area contributed by atoms with Gasteiger partial charge in [-0.1, -0.05) is 183 Å². The molecule has 1 aliphatic rings. The number of nitrogens with zero attached hydrogens (tertiary/aromatic N) is 2. The average molecular weight is 827 g/mol. The van der Waals surface area contributed by atoms with E-state index in [2.05, 4.69) is 235 Å². The minimum absolute atomic E-state index is 1.15. The second-order valence-corrected chi connectivity index (χ2v) is 17.3. The summed E-state index contributed by atoms with van der Waals surface area (Å²) >= 11 is 0. The van der Waals surface area contributed by atoms with Gasteiger partial charge in [0.05, 0.1) is 27.8 Å². The number of benzene rings is 10. The van der Waals surface area contributed by atoms with E-state index in [1.54, 1.807) is 0 Å². The zero-order chi connectivity index (χ0) is 43.2. The van der Waals surface area contributed by atoms with Crippen molar-refractivity contribution in [1.82, 2.24) is 9.13 Å². The molecule has 0 unspecified atom stereocenters. The highest BCUT2D eigenvalue weighted by Gasteiger charge is 2.24. The first kappa shape index (κ1) is 37.1. The molecule has 65 heavy (non-hydrogen) atoms. The Balaban J connectivity index is 1.02. The van der Waals surface area contributed by atoms with Gasteiger partial charge in [0.15, 0.2) is 0 Å². The molecule has 0 aliphatic heterocycles. The number of fused-ring (bicyclic) bond motifs is 8. The van der Waals surface area contributed by atoms with Crippen LogP contribution in [0.25, 0.3) is 121 Å². The second-order valence-electron chi connectivity index (χ2n) is 17.3. The lowest BCUT2D eigenvalue weighted by atomic mass is 9.89. The molecule has 304 valence electrons. The van der Waals surface area contributed by atoms with Crippen molar-refractivity contribution in [3.63, 3.8) is 0 Å². The van der Waals surface area contributed by atoms with E-state index in [1.165, 1.54) is 126 Å². The van der Waals surface area contributed by atoms with Gasteiger partial charge in [0, 0.05) is 38.2 Å². The van der Waals surface area contributed by atoms with E-state index in [0.717, 1.165) is 5.69 Å². The van der Waals surface area contributed by atoms with Gasteiger partial charge in [-0.25, -0.2) is 0 Å². The zero-order valence-electron chi connectivity index (χ0n) is 36.0. The minimum Gasteiger partial charge on any atom is -0.309 e. The SMILES string of the molecule is C=C/C=C\C1=C(C)c2cccc3c(-c4ccccc4-c4ccccc4-n4c5ccc(-c6ccc7c(c6)c6ccccc6n7-c6ccccc6)cc5c5ccc6ccccc6c54)ccc1c23. The number of allylic oxidation sites excluding steroid dienone is 5. The lowest BCUT2D eigenvalue weighted by Crippen LogP contribution is -1.99. The van der Waals surface area contributed by atoms with Gasteiger partial charge in [0.1, 0.15) is 0 Å². The maximum absolute atomic E-state index is 3.94. The van der Waals surface area contributed by atoms with Gasteiger partial charge >= 0.3 is 0 Å². The Hall–Kier alpha value is -8.46. The summed E-state index contributed by atoms with van der Waals surface area (Å²) in [6, 6.07) is 76.3. The molecular formula is C63H42N2. The highest BCUT2D eigenvalue weighted by Crippen LogP contribution is 2.48. The average Bonchev–Trinajstić information content (AvgIpc) is 3.98. The number of hydrogen-bond acceptors (Lipinski definition) is 0. The largest absolute Gasteiger partial charge is 0.309 e. The summed E-state index contributed by atoms with van der Waals surface area (Å²) in [5.74, 6) is 0. The van der Waals surface area contributed by atoms with Crippen LogP contribution in [0.1, 0.15) is 18.1 Å². The predicted octanol–water partition coefficient (Wildman–Crippen LogP) is 17.2. The summed E-state index contributed by atoms with van der Waals surface area (Å²) in [5.41, 5.74) is 19.5. The molecule has 0 spiro atoms. The Morgan fingerprint density at radius 2 is 1.00 bits per heavy atom. The fourth-order valence-electron chi connectivity index (χ4n) is 11.0. The molecule has 0 N–H and O–H groups in total. The molecule has 0 saturated heterocycles. The molecule has 0 atom stereocenters. The maximum atomic E-state index is 3.94. The molecule has 2 heterocycles. The van der Waals surface area contributed by atoms with Gasteiger partial charge in [-0.3, -0.25) is 0 Å². The normalized spacial score (nSPS) is 12.6. The van der Waals surface area contributed by atoms with Crippen molar-refractivity contribution in [1.29, 1.82) is 0 Å². The highest BCUT2D eigenvalue weighted by molar-refractivity contribution is 6.21. The van der Waals surface area contributed by atoms with E-state index in [9.17, 15) is 0 Å². The van der Waals surface area contributed by atoms with E-state index in [0.29, 0.717) is 0 Å². The number of rotatable bonds is 7. The van der Waals surface area contributed by atoms with Crippen LogP contribution in [-0.2, 0) is 0 Å². The van der Waals surface area contributed by atoms with Gasteiger partial charge in [0.25, 0.3) is 0 Å². The van der Waals surface area contributed by atoms with Crippen LogP contribution in [0.5, 0.6) is 0 Å². The highest BCUT2D eigenvalue weighted by atomic mass is 15.0. The molecule has 12 aromatic rings. The molecule has 1 aliphatic carbocycles. The van der Waals surface area contributed by atoms with Crippen molar-refractivity contribution in [3.05, 3.63) is 242 Å². The van der Waals surface area contributed by atoms with Gasteiger partial charge in [-0.15, -0.1) is 0 Å². The van der Waals surface area contributed by atoms with Crippen molar-refractivity contribution in [2.45, 2.75) is 6.92 Å². The van der Waals surface area contributed by atoms with Crippen LogP contribution in [-0.4, -0.2) is 9.13 Å². The van der Waals surface area contributed by atoms with E-state index in [4.69, 9.17) is 0 Å². The Morgan fingerprint density at radius 3 is 1.80 bits per heavy atom. The summed E-state index contributed by atoms with van der Waals surface area (Å²) in [7, 11) is 0. The molecule has 2 nitrogen and oxygen atoms in total. The summed E-state index contributed by atoms with van der Waals surface area (Å²) < 4.78 is 4.91. The lowest BCUT2D eigenvalue weighted by Gasteiger charge is -2.19. The number of para-hydroxylation sites is 3. The van der Waals surface area contributed by atoms with E-state index in [1.807, 2.05) is 12.2 Å². The van der Waals surface area contributed by atoms with Gasteiger partial charge < -0.3 is 9.13 Å². The summed E-state index contributed by atoms with van der Waals surface area (Å²) in [4.78, 5) is 0. The van der Waals surface area contributed by atoms with Gasteiger partial charge in [0.2, 0.25) is 0 Å². The predicted molar refractivity (Wildman–Crippen MR) is 278 cm³/mol. The molecule has 0 bridgehead atoms. The second kappa shape index (κ2) is 14.6. The first-order valence-electron chi connectivity index (χ1n) is 22.5. The minimum atomic E-state index is 1.15. The number of hydrogen-bond donors (Lipinski definition) is 0. The van der Waals surface area contributed by atoms with Crippen LogP contribution < -0.4 is 0 Å². The molecule has 2 aromatic heterocycles. The van der Waals surface area contributed by atoms with Crippen molar-refractivity contribution in [2.75, 3.05) is 0 Å². The van der Waals surface area contributed by atoms with Crippen molar-refractivity contribution >= 4 is 76.3 Å². The van der Waals surface area contributed by atoms with E-state index in [-0.39, 0.29) is 0 Å². The molecule has 0 fully saturated rings. The van der Waals surface area contributed by atoms with E-state index >= 15 is 0 Å². The van der Waals surface area contributed by atoms with Crippen molar-refractivity contribution < 1.29 is 0 Å². The van der Waals surface area contributed by atoms with Gasteiger partial charge in [-0.2, -0.15) is 0 Å². The maximum Gasteiger partial charge on any atom is 0.0619 e. The molecule has 0 radical (unpaired) electrons. The topological polar surface area (TPSA) is 9.86 Å². The smallest absolute Gasteiger partial charge is 0.0619 e. The van der Waals surface area contributed by atoms with Crippen LogP contribution in [0.15, 0.2) is 231 Å². The summed E-state index contributed by atoms with van der Waals surface area (Å²) in [5, 5.41) is 10.0. The number of aromatic nitrogens is 2. The van der Waals surface area contributed by atoms with Gasteiger partial charge in [-0.05, 0) is 122 Å². The third-order valence-corrected chi connectivity index (χ3v) is 13.9. The van der Waals surface area contributed by atoms with Crippen LogP contribution in [0, 0.1) is 0 Å². The summed E-state index contributed by atoms with van der Waals surface area (Å²) in [6.45, 7) is 6.18. The Kier molecular flexibility index (Phi) is 8.31. The standard InChI is InChI=1S/C63H42N2/c1-3-4-20-45-40(2)46-26-16-27-53-50(34-35-54(45)62(46)53)48-22-10-11-23-49(48)51-24-12-15-29-59(51)65-61-37-32-43(39-57(61)55-33-30-41-17-8-9-21-47(41)63(55)65)42-31-36-60-56(38-42)52-25-13-14-28-58(52)64(60)44-18-6-5-7-19-44/h3-39H,1H2,2H3/b20-4-. The Morgan fingerprint density at radius 1 is 0.400 bits per heavy atom. The fourth-order valence-corrected chi connectivity index (χ4v) is 11.0. The summed E-state index contributed by atoms with van der Waals surface area (Å²) in [6.07, 6.45) is 6.10. The first-order chi connectivity index (χ1) is 32.2. The van der Waals surface area contributed by atoms with Crippen molar-refractivity contribution in [2.24, 2.45) is 0 Å². The van der Waals surface area contributed by atoms with Crippen molar-refractivity contribution in [3.8, 4) is 44.8 Å². The zero-order valence-corrected chi connectivity index (χ0v) is 36.0. The third-order valence-electron chi connectivity index (χ3n) is 13.9. The molecule has 13 rings (SSSR count). The van der Waals surface area contributed by atoms with Crippen LogP contribution in [0.2, 0.25) is 0 Å². The Labute approximate surface area is 377 Å². The fraction of sp³-hybridized carbons (Fsp3) is 0.0159. The van der Waals surface area contributed by atoms with E-state index < -0.39 is 0 Å². The molecule has 0 amide bonds. The lowest BCUT2D eigenvalue weighted by molar-refractivity contribution is 1.18. The first-order valence-corrected chi connectivity index (χ1v) is 22.5. The molecule has 0 saturated carbocycles. The molecular weight excluding hydrogens is 785 g/mol. The molecule has 10 aromatic carbocycles. The molecule has 2 heteroatoms. The Bertz CT molecular complexity index is 4020. The van der Waals surface area contributed by atoms with Crippen LogP contribution >= 0.6 is 0 Å². The van der Waals surface area contributed by atoms with Crippen LogP contribution in [0.4, 0.5) is 0 Å². The quantitative estimate of drug-likeness (QED) is 0.142. The third kappa shape index (κ3) is 5.54. The monoisotopic (exact) mass is 826 g/mol.